The molecule has 1 aliphatic rings. The van der Waals surface area contributed by atoms with E-state index in [1.165, 1.54) is 12.1 Å². The maximum absolute atomic E-state index is 13.0. The first kappa shape index (κ1) is 10.9. The van der Waals surface area contributed by atoms with Gasteiger partial charge in [-0.3, -0.25) is 0 Å². The molecule has 4 heteroatoms. The Morgan fingerprint density at radius 1 is 1.53 bits per heavy atom. The maximum atomic E-state index is 13.0. The minimum atomic E-state index is -0.244. The predicted molar refractivity (Wildman–Crippen MR) is 60.4 cm³/mol. The molecule has 2 unspecified atom stereocenters. The highest BCUT2D eigenvalue weighted by molar-refractivity contribution is 7.99. The molecule has 0 radical (unpaired) electrons. The van der Waals surface area contributed by atoms with Crippen LogP contribution in [0.1, 0.15) is 11.6 Å². The topological polar surface area (TPSA) is 35.2 Å². The highest BCUT2D eigenvalue weighted by atomic mass is 32.2. The van der Waals surface area contributed by atoms with Gasteiger partial charge in [0, 0.05) is 11.5 Å². The monoisotopic (exact) mass is 227 g/mol. The Hall–Kier alpha value is -0.580. The molecule has 0 spiro atoms. The van der Waals surface area contributed by atoms with Crippen molar-refractivity contribution in [3.63, 3.8) is 0 Å². The molecule has 2 nitrogen and oxygen atoms in total. The van der Waals surface area contributed by atoms with Gasteiger partial charge in [0.1, 0.15) is 5.82 Å². The second-order valence-corrected chi connectivity index (χ2v) is 4.71. The van der Waals surface area contributed by atoms with Crippen LogP contribution in [0.25, 0.3) is 0 Å². The number of hydrogen-bond acceptors (Lipinski definition) is 3. The fraction of sp³-hybridized carbons (Fsp3) is 0.455. The summed E-state index contributed by atoms with van der Waals surface area (Å²) < 4.78 is 18.6. The minimum absolute atomic E-state index is 0.00514. The van der Waals surface area contributed by atoms with Crippen LogP contribution in [0.15, 0.2) is 24.3 Å². The lowest BCUT2D eigenvalue weighted by molar-refractivity contribution is 0.0569. The van der Waals surface area contributed by atoms with Crippen molar-refractivity contribution in [3.8, 4) is 0 Å². The molecule has 1 saturated heterocycles. The van der Waals surface area contributed by atoms with Crippen molar-refractivity contribution in [2.45, 2.75) is 12.1 Å². The van der Waals surface area contributed by atoms with Crippen molar-refractivity contribution in [2.24, 2.45) is 5.73 Å². The Kier molecular flexibility index (Phi) is 3.61. The first-order valence-corrected chi connectivity index (χ1v) is 6.13. The normalized spacial score (nSPS) is 23.7. The molecule has 0 amide bonds. The van der Waals surface area contributed by atoms with Gasteiger partial charge in [-0.25, -0.2) is 4.39 Å². The van der Waals surface area contributed by atoms with E-state index in [2.05, 4.69) is 0 Å². The van der Waals surface area contributed by atoms with E-state index in [0.29, 0.717) is 0 Å². The average Bonchev–Trinajstić information content (AvgIpc) is 2.29. The molecule has 0 aliphatic carbocycles. The van der Waals surface area contributed by atoms with E-state index in [4.69, 9.17) is 10.5 Å². The fourth-order valence-electron chi connectivity index (χ4n) is 1.64. The van der Waals surface area contributed by atoms with Crippen LogP contribution in [0, 0.1) is 5.82 Å². The molecule has 0 bridgehead atoms. The van der Waals surface area contributed by atoms with Crippen LogP contribution >= 0.6 is 11.8 Å². The molecule has 2 rings (SSSR count). The smallest absolute Gasteiger partial charge is 0.123 e. The molecule has 1 aliphatic heterocycles. The van der Waals surface area contributed by atoms with Gasteiger partial charge in [-0.2, -0.15) is 11.8 Å². The van der Waals surface area contributed by atoms with Gasteiger partial charge in [-0.15, -0.1) is 0 Å². The van der Waals surface area contributed by atoms with E-state index in [-0.39, 0.29) is 18.0 Å². The standard InChI is InChI=1S/C11H14FNOS/c12-9-3-1-2-8(6-9)11(13)10-7-15-5-4-14-10/h1-3,6,10-11H,4-5,7,13H2. The number of benzene rings is 1. The summed E-state index contributed by atoms with van der Waals surface area (Å²) in [5, 5.41) is 0. The summed E-state index contributed by atoms with van der Waals surface area (Å²) in [6.07, 6.45) is 0.00514. The molecular formula is C11H14FNOS. The zero-order chi connectivity index (χ0) is 10.7. The summed E-state index contributed by atoms with van der Waals surface area (Å²) in [4.78, 5) is 0. The van der Waals surface area contributed by atoms with Gasteiger partial charge in [-0.1, -0.05) is 12.1 Å². The molecule has 2 N–H and O–H groups in total. The van der Waals surface area contributed by atoms with Crippen LogP contribution in [0.4, 0.5) is 4.39 Å². The highest BCUT2D eigenvalue weighted by Crippen LogP contribution is 2.23. The molecule has 0 saturated carbocycles. The number of ether oxygens (including phenoxy) is 1. The summed E-state index contributed by atoms with van der Waals surface area (Å²) in [6.45, 7) is 0.734. The van der Waals surface area contributed by atoms with Crippen LogP contribution in [0.5, 0.6) is 0 Å². The zero-order valence-electron chi connectivity index (χ0n) is 8.36. The Balaban J connectivity index is 2.08. The van der Waals surface area contributed by atoms with Gasteiger partial charge in [0.25, 0.3) is 0 Å². The molecular weight excluding hydrogens is 213 g/mol. The van der Waals surface area contributed by atoms with Crippen molar-refractivity contribution < 1.29 is 9.13 Å². The number of rotatable bonds is 2. The van der Waals surface area contributed by atoms with E-state index in [1.54, 1.807) is 6.07 Å². The Bertz CT molecular complexity index is 328. The highest BCUT2D eigenvalue weighted by Gasteiger charge is 2.23. The summed E-state index contributed by atoms with van der Waals surface area (Å²) in [6, 6.07) is 6.20. The third-order valence-corrected chi connectivity index (χ3v) is 3.50. The summed E-state index contributed by atoms with van der Waals surface area (Å²) in [5.74, 6) is 1.66. The summed E-state index contributed by atoms with van der Waals surface area (Å²) in [5.41, 5.74) is 6.84. The molecule has 2 atom stereocenters. The van der Waals surface area contributed by atoms with E-state index >= 15 is 0 Å². The largest absolute Gasteiger partial charge is 0.375 e. The number of halogens is 1. The molecule has 1 aromatic carbocycles. The molecule has 15 heavy (non-hydrogen) atoms. The van der Waals surface area contributed by atoms with E-state index < -0.39 is 0 Å². The lowest BCUT2D eigenvalue weighted by Gasteiger charge is -2.27. The van der Waals surface area contributed by atoms with Crippen LogP contribution < -0.4 is 5.73 Å². The van der Waals surface area contributed by atoms with Crippen molar-refractivity contribution in [3.05, 3.63) is 35.6 Å². The van der Waals surface area contributed by atoms with Crippen molar-refractivity contribution in [1.82, 2.24) is 0 Å². The first-order valence-electron chi connectivity index (χ1n) is 4.98. The van der Waals surface area contributed by atoms with Crippen molar-refractivity contribution in [2.75, 3.05) is 18.1 Å². The lowest BCUT2D eigenvalue weighted by Crippen LogP contribution is -2.34. The van der Waals surface area contributed by atoms with Gasteiger partial charge >= 0.3 is 0 Å². The molecule has 1 fully saturated rings. The Morgan fingerprint density at radius 3 is 3.07 bits per heavy atom. The van der Waals surface area contributed by atoms with Gasteiger partial charge in [0.2, 0.25) is 0 Å². The fourth-order valence-corrected chi connectivity index (χ4v) is 2.56. The van der Waals surface area contributed by atoms with Gasteiger partial charge in [0.15, 0.2) is 0 Å². The Morgan fingerprint density at radius 2 is 2.40 bits per heavy atom. The van der Waals surface area contributed by atoms with Crippen molar-refractivity contribution >= 4 is 11.8 Å². The predicted octanol–water partition coefficient (Wildman–Crippen LogP) is 1.96. The van der Waals surface area contributed by atoms with Gasteiger partial charge < -0.3 is 10.5 Å². The molecule has 1 heterocycles. The van der Waals surface area contributed by atoms with E-state index in [0.717, 1.165) is 23.7 Å². The van der Waals surface area contributed by atoms with Crippen LogP contribution in [-0.4, -0.2) is 24.2 Å². The maximum Gasteiger partial charge on any atom is 0.123 e. The minimum Gasteiger partial charge on any atom is -0.375 e. The summed E-state index contributed by atoms with van der Waals surface area (Å²) in [7, 11) is 0. The first-order chi connectivity index (χ1) is 7.27. The third-order valence-electron chi connectivity index (χ3n) is 2.48. The van der Waals surface area contributed by atoms with Gasteiger partial charge in [0.05, 0.1) is 18.8 Å². The number of thioether (sulfide) groups is 1. The molecule has 82 valence electrons. The number of hydrogen-bond donors (Lipinski definition) is 1. The zero-order valence-corrected chi connectivity index (χ0v) is 9.17. The lowest BCUT2D eigenvalue weighted by atomic mass is 10.0. The molecule has 0 aromatic heterocycles. The Labute approximate surface area is 93.0 Å². The van der Waals surface area contributed by atoms with Crippen LogP contribution in [0.2, 0.25) is 0 Å². The second-order valence-electron chi connectivity index (χ2n) is 3.56. The average molecular weight is 227 g/mol. The van der Waals surface area contributed by atoms with E-state index in [1.807, 2.05) is 17.8 Å². The molecule has 1 aromatic rings. The SMILES string of the molecule is NC(c1cccc(F)c1)C1CSCCO1. The number of nitrogens with two attached hydrogens (primary N) is 1. The second kappa shape index (κ2) is 4.96. The third kappa shape index (κ3) is 2.71. The van der Waals surface area contributed by atoms with Crippen molar-refractivity contribution in [1.29, 1.82) is 0 Å². The summed E-state index contributed by atoms with van der Waals surface area (Å²) >= 11 is 1.83. The van der Waals surface area contributed by atoms with Crippen LogP contribution in [0.3, 0.4) is 0 Å². The van der Waals surface area contributed by atoms with E-state index in [9.17, 15) is 4.39 Å². The quantitative estimate of drug-likeness (QED) is 0.838. The van der Waals surface area contributed by atoms with Gasteiger partial charge in [-0.05, 0) is 17.7 Å². The van der Waals surface area contributed by atoms with Crippen LogP contribution in [-0.2, 0) is 4.74 Å².